The molecule has 3 aromatic rings. The first kappa shape index (κ1) is 21.8. The van der Waals surface area contributed by atoms with E-state index in [1.165, 1.54) is 6.26 Å². The zero-order chi connectivity index (χ0) is 23.5. The molecule has 2 N–H and O–H groups in total. The van der Waals surface area contributed by atoms with Crippen molar-refractivity contribution in [2.45, 2.75) is 44.7 Å². The minimum Gasteiger partial charge on any atom is -0.467 e. The number of furan rings is 2. The summed E-state index contributed by atoms with van der Waals surface area (Å²) in [4.78, 5) is 40.8. The summed E-state index contributed by atoms with van der Waals surface area (Å²) in [5, 5.41) is 6.17. The van der Waals surface area contributed by atoms with Gasteiger partial charge in [-0.05, 0) is 49.2 Å². The average Bonchev–Trinajstić information content (AvgIpc) is 3.53. The maximum atomic E-state index is 13.7. The van der Waals surface area contributed by atoms with Crippen LogP contribution in [0.2, 0.25) is 0 Å². The van der Waals surface area contributed by atoms with Crippen molar-refractivity contribution in [3.05, 3.63) is 83.8 Å². The molecule has 2 aromatic heterocycles. The van der Waals surface area contributed by atoms with Gasteiger partial charge in [0.25, 0.3) is 0 Å². The topological polar surface area (TPSA) is 105 Å². The molecule has 1 aliphatic heterocycles. The highest BCUT2D eigenvalue weighted by molar-refractivity contribution is 6.06. The minimum atomic E-state index is -0.701. The van der Waals surface area contributed by atoms with Crippen LogP contribution in [0.1, 0.15) is 49.7 Å². The molecule has 2 amide bonds. The summed E-state index contributed by atoms with van der Waals surface area (Å²) < 4.78 is 11.0. The van der Waals surface area contributed by atoms with Crippen molar-refractivity contribution in [2.75, 3.05) is 10.2 Å². The summed E-state index contributed by atoms with van der Waals surface area (Å²) in [5.74, 6) is 0.624. The number of para-hydroxylation sites is 2. The number of hydrogen-bond acceptors (Lipinski definition) is 6. The Morgan fingerprint density at radius 2 is 1.82 bits per heavy atom. The van der Waals surface area contributed by atoms with E-state index < -0.39 is 6.04 Å². The van der Waals surface area contributed by atoms with E-state index >= 15 is 0 Å². The summed E-state index contributed by atoms with van der Waals surface area (Å²) in [6.07, 6.45) is 4.96. The number of rotatable bonds is 6. The van der Waals surface area contributed by atoms with Gasteiger partial charge in [0.15, 0.2) is 5.78 Å². The molecule has 2 aliphatic rings. The Hall–Kier alpha value is -4.07. The number of nitrogens with one attached hydrogen (secondary N) is 2. The van der Waals surface area contributed by atoms with Crippen LogP contribution < -0.4 is 15.5 Å². The Kier molecular flexibility index (Phi) is 6.03. The molecule has 8 nitrogen and oxygen atoms in total. The van der Waals surface area contributed by atoms with E-state index in [1.54, 1.807) is 35.4 Å². The van der Waals surface area contributed by atoms with E-state index in [4.69, 9.17) is 8.83 Å². The highest BCUT2D eigenvalue weighted by Crippen LogP contribution is 2.45. The monoisotopic (exact) mass is 459 g/mol. The van der Waals surface area contributed by atoms with Crippen molar-refractivity contribution in [3.63, 3.8) is 0 Å². The zero-order valence-corrected chi connectivity index (χ0v) is 18.6. The van der Waals surface area contributed by atoms with Crippen LogP contribution in [-0.2, 0) is 20.9 Å². The predicted octanol–water partition coefficient (Wildman–Crippen LogP) is 4.48. The first-order valence-corrected chi connectivity index (χ1v) is 11.4. The van der Waals surface area contributed by atoms with E-state index in [-0.39, 0.29) is 37.0 Å². The lowest BCUT2D eigenvalue weighted by atomic mass is 9.88. The molecule has 1 aliphatic carbocycles. The Morgan fingerprint density at radius 3 is 2.62 bits per heavy atom. The summed E-state index contributed by atoms with van der Waals surface area (Å²) in [6, 6.07) is 13.8. The molecule has 0 bridgehead atoms. The summed E-state index contributed by atoms with van der Waals surface area (Å²) in [6.45, 7) is 0.260. The number of carbonyl (C=O) groups is 3. The fourth-order valence-corrected chi connectivity index (χ4v) is 4.55. The molecule has 0 spiro atoms. The summed E-state index contributed by atoms with van der Waals surface area (Å²) in [5.41, 5.74) is 2.76. The first-order valence-electron chi connectivity index (χ1n) is 11.4. The molecule has 174 valence electrons. The second-order valence-electron chi connectivity index (χ2n) is 8.35. The Balaban J connectivity index is 1.45. The summed E-state index contributed by atoms with van der Waals surface area (Å²) >= 11 is 0. The largest absolute Gasteiger partial charge is 0.467 e. The SMILES string of the molecule is O=C(CCC(=O)N1c2ccccc2NC2=C(C(=O)CCC2)[C@H]1c1ccco1)NCc1ccco1. The molecule has 0 fully saturated rings. The molecule has 1 atom stereocenters. The number of benzene rings is 1. The third-order valence-electron chi connectivity index (χ3n) is 6.12. The predicted molar refractivity (Wildman–Crippen MR) is 125 cm³/mol. The lowest BCUT2D eigenvalue weighted by Crippen LogP contribution is -2.38. The van der Waals surface area contributed by atoms with Crippen LogP contribution in [-0.4, -0.2) is 17.6 Å². The van der Waals surface area contributed by atoms with Gasteiger partial charge in [0.05, 0.1) is 30.4 Å². The fraction of sp³-hybridized carbons (Fsp3) is 0.269. The molecule has 1 aromatic carbocycles. The zero-order valence-electron chi connectivity index (χ0n) is 18.6. The number of amides is 2. The number of anilines is 2. The second kappa shape index (κ2) is 9.43. The van der Waals surface area contributed by atoms with Gasteiger partial charge >= 0.3 is 0 Å². The van der Waals surface area contributed by atoms with Crippen LogP contribution in [0.4, 0.5) is 11.4 Å². The third kappa shape index (κ3) is 4.26. The molecule has 8 heteroatoms. The first-order chi connectivity index (χ1) is 16.6. The molecular formula is C26H25N3O5. The maximum Gasteiger partial charge on any atom is 0.228 e. The van der Waals surface area contributed by atoms with E-state index in [0.717, 1.165) is 17.8 Å². The summed E-state index contributed by atoms with van der Waals surface area (Å²) in [7, 11) is 0. The number of hydrogen-bond donors (Lipinski definition) is 2. The maximum absolute atomic E-state index is 13.7. The lowest BCUT2D eigenvalue weighted by molar-refractivity contribution is -0.125. The molecule has 0 radical (unpaired) electrons. The number of fused-ring (bicyclic) bond motifs is 1. The Morgan fingerprint density at radius 1 is 1.00 bits per heavy atom. The van der Waals surface area contributed by atoms with Crippen LogP contribution >= 0.6 is 0 Å². The number of allylic oxidation sites excluding steroid dienone is 1. The Labute approximate surface area is 196 Å². The van der Waals surface area contributed by atoms with Crippen molar-refractivity contribution in [2.24, 2.45) is 0 Å². The van der Waals surface area contributed by atoms with Crippen LogP contribution in [0.3, 0.4) is 0 Å². The van der Waals surface area contributed by atoms with E-state index in [1.807, 2.05) is 24.3 Å². The highest BCUT2D eigenvalue weighted by atomic mass is 16.3. The number of nitrogens with zero attached hydrogens (tertiary/aromatic N) is 1. The van der Waals surface area contributed by atoms with Crippen LogP contribution in [0.15, 0.2) is 81.2 Å². The van der Waals surface area contributed by atoms with Crippen molar-refractivity contribution in [1.29, 1.82) is 0 Å². The molecule has 34 heavy (non-hydrogen) atoms. The van der Waals surface area contributed by atoms with Crippen molar-refractivity contribution >= 4 is 29.0 Å². The molecule has 0 saturated heterocycles. The number of carbonyl (C=O) groups excluding carboxylic acids is 3. The standard InChI is InChI=1S/C26H25N3O5/c30-21-10-3-8-19-25(21)26(22-11-5-15-34-22)29(20-9-2-1-7-18(20)28-19)24(32)13-12-23(31)27-16-17-6-4-14-33-17/h1-2,4-7,9,11,14-15,26,28H,3,8,10,12-13,16H2,(H,27,31)/t26-/m1/s1. The molecule has 5 rings (SSSR count). The average molecular weight is 460 g/mol. The van der Waals surface area contributed by atoms with Crippen molar-refractivity contribution in [1.82, 2.24) is 5.32 Å². The number of Topliss-reactive ketones (excluding diaryl/α,β-unsaturated/α-hetero) is 1. The second-order valence-corrected chi connectivity index (χ2v) is 8.35. The lowest BCUT2D eigenvalue weighted by Gasteiger charge is -2.32. The van der Waals surface area contributed by atoms with Gasteiger partial charge in [0.2, 0.25) is 11.8 Å². The molecular weight excluding hydrogens is 434 g/mol. The number of ketones is 1. The van der Waals surface area contributed by atoms with E-state index in [9.17, 15) is 14.4 Å². The van der Waals surface area contributed by atoms with Crippen LogP contribution in [0.5, 0.6) is 0 Å². The molecule has 0 unspecified atom stereocenters. The molecule has 0 saturated carbocycles. The smallest absolute Gasteiger partial charge is 0.228 e. The van der Waals surface area contributed by atoms with Gasteiger partial charge in [-0.1, -0.05) is 12.1 Å². The van der Waals surface area contributed by atoms with Gasteiger partial charge in [0, 0.05) is 30.5 Å². The van der Waals surface area contributed by atoms with E-state index in [2.05, 4.69) is 10.6 Å². The normalized spacial score (nSPS) is 17.5. The molecule has 3 heterocycles. The van der Waals surface area contributed by atoms with Crippen LogP contribution in [0.25, 0.3) is 0 Å². The van der Waals surface area contributed by atoms with Gasteiger partial charge in [-0.15, -0.1) is 0 Å². The van der Waals surface area contributed by atoms with E-state index in [0.29, 0.717) is 35.6 Å². The van der Waals surface area contributed by atoms with Gasteiger partial charge in [0.1, 0.15) is 17.6 Å². The highest BCUT2D eigenvalue weighted by Gasteiger charge is 2.40. The van der Waals surface area contributed by atoms with Crippen molar-refractivity contribution in [3.8, 4) is 0 Å². The van der Waals surface area contributed by atoms with Gasteiger partial charge < -0.3 is 19.5 Å². The van der Waals surface area contributed by atoms with Crippen molar-refractivity contribution < 1.29 is 23.2 Å². The van der Waals surface area contributed by atoms with Gasteiger partial charge in [-0.3, -0.25) is 19.3 Å². The third-order valence-corrected chi connectivity index (χ3v) is 6.12. The van der Waals surface area contributed by atoms with Crippen LogP contribution in [0, 0.1) is 0 Å². The quantitative estimate of drug-likeness (QED) is 0.563. The van der Waals surface area contributed by atoms with Gasteiger partial charge in [-0.25, -0.2) is 0 Å². The van der Waals surface area contributed by atoms with Gasteiger partial charge in [-0.2, -0.15) is 0 Å². The Bertz CT molecular complexity index is 1230. The fourth-order valence-electron chi connectivity index (χ4n) is 4.55. The minimum absolute atomic E-state index is 0.00283.